The zero-order valence-electron chi connectivity index (χ0n) is 15.8. The number of hydrogen-bond donors (Lipinski definition) is 3. The van der Waals surface area contributed by atoms with E-state index in [1.807, 2.05) is 0 Å². The molecular weight excluding hydrogens is 409 g/mol. The van der Waals surface area contributed by atoms with Crippen molar-refractivity contribution < 1.29 is 37.7 Å². The highest BCUT2D eigenvalue weighted by atomic mass is 19.4. The van der Waals surface area contributed by atoms with Crippen LogP contribution in [0, 0.1) is 0 Å². The molecule has 30 heavy (non-hydrogen) atoms. The quantitative estimate of drug-likeness (QED) is 0.647. The van der Waals surface area contributed by atoms with E-state index in [9.17, 15) is 28.2 Å². The lowest BCUT2D eigenvalue weighted by Gasteiger charge is -2.38. The molecule has 1 amide bonds. The van der Waals surface area contributed by atoms with Crippen molar-refractivity contribution in [2.45, 2.75) is 37.6 Å². The van der Waals surface area contributed by atoms with Crippen LogP contribution in [0.5, 0.6) is 17.5 Å². The van der Waals surface area contributed by atoms with Gasteiger partial charge in [-0.25, -0.2) is 0 Å². The number of aromatic nitrogens is 2. The van der Waals surface area contributed by atoms with Gasteiger partial charge in [0.15, 0.2) is 11.5 Å². The molecule has 4 rings (SSSR count). The SMILES string of the molecule is CN1c2nc(Oc3cccc(OC(F)(F)F)c3)[nH]c2C(=O)N(CCC2(O)CC2)C1O. The van der Waals surface area contributed by atoms with Crippen molar-refractivity contribution in [1.29, 1.82) is 0 Å². The molecular formula is C18H19F3N4O5. The van der Waals surface area contributed by atoms with Crippen LogP contribution in [0.25, 0.3) is 0 Å². The second kappa shape index (κ2) is 7.06. The van der Waals surface area contributed by atoms with Crippen molar-refractivity contribution in [3.8, 4) is 17.5 Å². The number of nitrogens with one attached hydrogen (secondary N) is 1. The number of halogens is 3. The van der Waals surface area contributed by atoms with Gasteiger partial charge >= 0.3 is 12.4 Å². The van der Waals surface area contributed by atoms with Gasteiger partial charge in [0.05, 0.1) is 5.60 Å². The standard InChI is InChI=1S/C18H19F3N4O5/c1-24-13-12(14(26)25(16(24)27)8-7-17(28)5-6-17)22-15(23-13)29-10-3-2-4-11(9-10)30-18(19,20)21/h2-4,9,16,27-28H,5-8H2,1H3,(H,22,23). The van der Waals surface area contributed by atoms with Gasteiger partial charge < -0.3 is 29.6 Å². The molecule has 0 spiro atoms. The van der Waals surface area contributed by atoms with Gasteiger partial charge in [0.25, 0.3) is 5.91 Å². The van der Waals surface area contributed by atoms with Crippen LogP contribution < -0.4 is 14.4 Å². The van der Waals surface area contributed by atoms with E-state index < -0.39 is 30.0 Å². The maximum absolute atomic E-state index is 12.8. The zero-order chi connectivity index (χ0) is 21.7. The van der Waals surface area contributed by atoms with Gasteiger partial charge in [-0.2, -0.15) is 4.98 Å². The number of carbonyl (C=O) groups is 1. The van der Waals surface area contributed by atoms with Crippen molar-refractivity contribution >= 4 is 11.7 Å². The number of hydrogen-bond acceptors (Lipinski definition) is 7. The predicted molar refractivity (Wildman–Crippen MR) is 96.0 cm³/mol. The maximum atomic E-state index is 12.8. The summed E-state index contributed by atoms with van der Waals surface area (Å²) in [7, 11) is 1.52. The minimum Gasteiger partial charge on any atom is -0.425 e. The van der Waals surface area contributed by atoms with Crippen molar-refractivity contribution in [3.63, 3.8) is 0 Å². The van der Waals surface area contributed by atoms with Gasteiger partial charge in [-0.05, 0) is 31.4 Å². The third kappa shape index (κ3) is 4.14. The number of amides is 1. The first-order chi connectivity index (χ1) is 14.0. The topological polar surface area (TPSA) is 111 Å². The molecule has 1 saturated carbocycles. The number of carbonyl (C=O) groups excluding carboxylic acids is 1. The van der Waals surface area contributed by atoms with E-state index >= 15 is 0 Å². The number of fused-ring (bicyclic) bond motifs is 1. The van der Waals surface area contributed by atoms with E-state index in [1.165, 1.54) is 29.0 Å². The number of benzene rings is 1. The molecule has 2 aromatic rings. The number of H-pyrrole nitrogens is 1. The maximum Gasteiger partial charge on any atom is 0.573 e. The normalized spacial score (nSPS) is 20.2. The predicted octanol–water partition coefficient (Wildman–Crippen LogP) is 2.18. The van der Waals surface area contributed by atoms with Crippen LogP contribution in [0.4, 0.5) is 19.0 Å². The molecule has 162 valence electrons. The average Bonchev–Trinajstić information content (AvgIpc) is 3.23. The Balaban J connectivity index is 1.52. The summed E-state index contributed by atoms with van der Waals surface area (Å²) in [6.45, 7) is 0.145. The van der Waals surface area contributed by atoms with Crippen molar-refractivity contribution in [1.82, 2.24) is 14.9 Å². The molecule has 1 unspecified atom stereocenters. The molecule has 9 nitrogen and oxygen atoms in total. The molecule has 1 aromatic carbocycles. The third-order valence-electron chi connectivity index (χ3n) is 5.00. The fraction of sp³-hybridized carbons (Fsp3) is 0.444. The summed E-state index contributed by atoms with van der Waals surface area (Å²) in [5.74, 6) is -0.863. The Labute approximate surface area is 168 Å². The van der Waals surface area contributed by atoms with E-state index in [0.717, 1.165) is 12.1 Å². The van der Waals surface area contributed by atoms with Crippen LogP contribution >= 0.6 is 0 Å². The average molecular weight is 428 g/mol. The molecule has 1 aliphatic carbocycles. The summed E-state index contributed by atoms with van der Waals surface area (Å²) in [4.78, 5) is 22.1. The Morgan fingerprint density at radius 1 is 1.33 bits per heavy atom. The number of aliphatic hydroxyl groups is 2. The molecule has 0 radical (unpaired) electrons. The van der Waals surface area contributed by atoms with E-state index in [-0.39, 0.29) is 29.8 Å². The van der Waals surface area contributed by atoms with Crippen LogP contribution in [0.2, 0.25) is 0 Å². The lowest BCUT2D eigenvalue weighted by Crippen LogP contribution is -2.54. The molecule has 2 heterocycles. The van der Waals surface area contributed by atoms with E-state index in [2.05, 4.69) is 14.7 Å². The highest BCUT2D eigenvalue weighted by Gasteiger charge is 2.43. The number of ether oxygens (including phenoxy) is 2. The van der Waals surface area contributed by atoms with Crippen molar-refractivity contribution in [3.05, 3.63) is 30.0 Å². The summed E-state index contributed by atoms with van der Waals surface area (Å²) in [5, 5.41) is 20.4. The van der Waals surface area contributed by atoms with Gasteiger partial charge in [0.1, 0.15) is 11.5 Å². The Morgan fingerprint density at radius 2 is 2.03 bits per heavy atom. The van der Waals surface area contributed by atoms with E-state index in [4.69, 9.17) is 4.74 Å². The summed E-state index contributed by atoms with van der Waals surface area (Å²) in [6.07, 6.45) is -4.48. The number of aromatic amines is 1. The smallest absolute Gasteiger partial charge is 0.425 e. The fourth-order valence-corrected chi connectivity index (χ4v) is 3.15. The van der Waals surface area contributed by atoms with Crippen molar-refractivity contribution in [2.24, 2.45) is 0 Å². The van der Waals surface area contributed by atoms with Gasteiger partial charge in [-0.3, -0.25) is 9.69 Å². The van der Waals surface area contributed by atoms with Gasteiger partial charge in [0.2, 0.25) is 6.35 Å². The molecule has 1 fully saturated rings. The number of imidazole rings is 1. The highest BCUT2D eigenvalue weighted by Crippen LogP contribution is 2.39. The summed E-state index contributed by atoms with van der Waals surface area (Å²) in [5.41, 5.74) is -0.728. The Hall–Kier alpha value is -2.99. The van der Waals surface area contributed by atoms with Crippen molar-refractivity contribution in [2.75, 3.05) is 18.5 Å². The Morgan fingerprint density at radius 3 is 2.70 bits per heavy atom. The van der Waals surface area contributed by atoms with Crippen LogP contribution in [0.15, 0.2) is 24.3 Å². The minimum absolute atomic E-state index is 0.00584. The Bertz CT molecular complexity index is 960. The highest BCUT2D eigenvalue weighted by molar-refractivity contribution is 5.99. The number of alkyl halides is 3. The monoisotopic (exact) mass is 428 g/mol. The molecule has 0 bridgehead atoms. The largest absolute Gasteiger partial charge is 0.573 e. The molecule has 1 atom stereocenters. The molecule has 3 N–H and O–H groups in total. The lowest BCUT2D eigenvalue weighted by molar-refractivity contribution is -0.274. The van der Waals surface area contributed by atoms with Crippen LogP contribution in [0.1, 0.15) is 29.8 Å². The van der Waals surface area contributed by atoms with Crippen LogP contribution in [0.3, 0.4) is 0 Å². The number of rotatable bonds is 6. The molecule has 12 heteroatoms. The van der Waals surface area contributed by atoms with E-state index in [1.54, 1.807) is 0 Å². The van der Waals surface area contributed by atoms with Crippen LogP contribution in [-0.4, -0.2) is 62.9 Å². The minimum atomic E-state index is -4.84. The fourth-order valence-electron chi connectivity index (χ4n) is 3.15. The third-order valence-corrected chi connectivity index (χ3v) is 5.00. The van der Waals surface area contributed by atoms with E-state index in [0.29, 0.717) is 19.3 Å². The van der Waals surface area contributed by atoms with Gasteiger partial charge in [-0.1, -0.05) is 6.07 Å². The first-order valence-corrected chi connectivity index (χ1v) is 9.13. The lowest BCUT2D eigenvalue weighted by atomic mass is 10.2. The summed E-state index contributed by atoms with van der Waals surface area (Å²) in [6, 6.07) is 4.71. The number of nitrogens with zero attached hydrogens (tertiary/aromatic N) is 3. The molecule has 0 saturated heterocycles. The second-order valence-electron chi connectivity index (χ2n) is 7.30. The molecule has 1 aromatic heterocycles. The summed E-state index contributed by atoms with van der Waals surface area (Å²) >= 11 is 0. The first kappa shape index (κ1) is 20.3. The zero-order valence-corrected chi connectivity index (χ0v) is 15.8. The first-order valence-electron chi connectivity index (χ1n) is 9.13. The number of aliphatic hydroxyl groups excluding tert-OH is 1. The summed E-state index contributed by atoms with van der Waals surface area (Å²) < 4.78 is 46.5. The molecule has 1 aliphatic heterocycles. The van der Waals surface area contributed by atoms with Gasteiger partial charge in [-0.15, -0.1) is 13.2 Å². The second-order valence-corrected chi connectivity index (χ2v) is 7.30. The Kier molecular flexibility index (Phi) is 4.77. The molecule has 2 aliphatic rings. The van der Waals surface area contributed by atoms with Gasteiger partial charge in [0, 0.05) is 19.7 Å². The number of anilines is 1. The van der Waals surface area contributed by atoms with Crippen LogP contribution in [-0.2, 0) is 0 Å².